The number of thiazole rings is 1. The number of benzene rings is 1. The average Bonchev–Trinajstić information content (AvgIpc) is 2.70. The van der Waals surface area contributed by atoms with E-state index in [0.717, 1.165) is 22.4 Å². The van der Waals surface area contributed by atoms with Crippen LogP contribution in [0, 0.1) is 0 Å². The Balaban J connectivity index is 2.23. The third kappa shape index (κ3) is 2.03. The van der Waals surface area contributed by atoms with Gasteiger partial charge in [0.2, 0.25) is 0 Å². The quantitative estimate of drug-likeness (QED) is 0.544. The Hall–Kier alpha value is -1.33. The van der Waals surface area contributed by atoms with E-state index < -0.39 is 0 Å². The van der Waals surface area contributed by atoms with Gasteiger partial charge in [-0.3, -0.25) is 0 Å². The summed E-state index contributed by atoms with van der Waals surface area (Å²) in [7, 11) is 0. The Labute approximate surface area is 91.8 Å². The van der Waals surface area contributed by atoms with Gasteiger partial charge in [0.15, 0.2) is 0 Å². The fraction of sp³-hybridized carbons (Fsp3) is 0.300. The van der Waals surface area contributed by atoms with Gasteiger partial charge in [-0.05, 0) is 18.6 Å². The third-order valence-electron chi connectivity index (χ3n) is 2.19. The van der Waals surface area contributed by atoms with Crippen LogP contribution in [0.25, 0.3) is 10.2 Å². The number of hydrogen-bond acceptors (Lipinski definition) is 5. The van der Waals surface area contributed by atoms with E-state index in [0.29, 0.717) is 12.1 Å². The molecule has 1 aromatic carbocycles. The summed E-state index contributed by atoms with van der Waals surface area (Å²) in [5, 5.41) is 11.8. The van der Waals surface area contributed by atoms with E-state index in [1.54, 1.807) is 16.8 Å². The number of nitrogen functional groups attached to an aromatic ring is 1. The summed E-state index contributed by atoms with van der Waals surface area (Å²) in [5.41, 5.74) is 10.2. The van der Waals surface area contributed by atoms with E-state index in [9.17, 15) is 0 Å². The lowest BCUT2D eigenvalue weighted by molar-refractivity contribution is 0.292. The van der Waals surface area contributed by atoms with Gasteiger partial charge in [0.1, 0.15) is 5.52 Å². The number of nitrogens with two attached hydrogens (primary N) is 1. The summed E-state index contributed by atoms with van der Waals surface area (Å²) < 4.78 is 1.10. The number of fused-ring (bicyclic) bond motifs is 1. The van der Waals surface area contributed by atoms with E-state index in [-0.39, 0.29) is 6.61 Å². The Morgan fingerprint density at radius 3 is 3.13 bits per heavy atom. The predicted octanol–water partition coefficient (Wildman–Crippen LogP) is 1.67. The van der Waals surface area contributed by atoms with Crippen LogP contribution in [0.5, 0.6) is 0 Å². The molecule has 0 atom stereocenters. The van der Waals surface area contributed by atoms with E-state index >= 15 is 0 Å². The van der Waals surface area contributed by atoms with Crippen molar-refractivity contribution in [3.63, 3.8) is 0 Å². The number of anilines is 2. The monoisotopic (exact) mass is 223 g/mol. The van der Waals surface area contributed by atoms with Crippen LogP contribution in [0.1, 0.15) is 6.42 Å². The number of aliphatic hydroxyl groups is 1. The van der Waals surface area contributed by atoms with E-state index in [1.807, 2.05) is 12.1 Å². The second kappa shape index (κ2) is 4.46. The van der Waals surface area contributed by atoms with Crippen molar-refractivity contribution >= 4 is 32.9 Å². The highest BCUT2D eigenvalue weighted by Crippen LogP contribution is 2.29. The molecule has 4 N–H and O–H groups in total. The van der Waals surface area contributed by atoms with E-state index in [4.69, 9.17) is 10.8 Å². The van der Waals surface area contributed by atoms with E-state index in [2.05, 4.69) is 10.3 Å². The molecule has 1 aromatic heterocycles. The molecule has 1 heterocycles. The number of aliphatic hydroxyl groups excluding tert-OH is 1. The molecule has 0 aliphatic rings. The minimum absolute atomic E-state index is 0.186. The first-order chi connectivity index (χ1) is 7.33. The van der Waals surface area contributed by atoms with Crippen molar-refractivity contribution in [1.29, 1.82) is 0 Å². The fourth-order valence-corrected chi connectivity index (χ4v) is 2.10. The Morgan fingerprint density at radius 2 is 2.33 bits per heavy atom. The zero-order valence-corrected chi connectivity index (χ0v) is 9.05. The van der Waals surface area contributed by atoms with Crippen molar-refractivity contribution in [3.8, 4) is 0 Å². The standard InChI is InChI=1S/C10H13N3OS/c11-9-7(12-4-1-5-14)2-3-8-10(9)13-6-15-8/h2-3,6,12,14H,1,4-5,11H2. The maximum absolute atomic E-state index is 8.67. The SMILES string of the molecule is Nc1c(NCCCO)ccc2scnc12. The summed E-state index contributed by atoms with van der Waals surface area (Å²) in [6.45, 7) is 0.905. The van der Waals surface area contributed by atoms with Crippen LogP contribution in [-0.4, -0.2) is 23.2 Å². The molecule has 0 saturated heterocycles. The number of nitrogens with zero attached hydrogens (tertiary/aromatic N) is 1. The second-order valence-electron chi connectivity index (χ2n) is 3.23. The Kier molecular flexibility index (Phi) is 3.03. The zero-order valence-electron chi connectivity index (χ0n) is 8.23. The molecule has 0 fully saturated rings. The smallest absolute Gasteiger partial charge is 0.106 e. The van der Waals surface area contributed by atoms with Crippen molar-refractivity contribution in [1.82, 2.24) is 4.98 Å². The molecule has 80 valence electrons. The first kappa shape index (κ1) is 10.2. The number of hydrogen-bond donors (Lipinski definition) is 3. The van der Waals surface area contributed by atoms with Gasteiger partial charge in [-0.2, -0.15) is 0 Å². The molecule has 0 bridgehead atoms. The normalized spacial score (nSPS) is 10.7. The molecule has 2 rings (SSSR count). The molecule has 0 amide bonds. The maximum atomic E-state index is 8.67. The van der Waals surface area contributed by atoms with Crippen LogP contribution in [0.2, 0.25) is 0 Å². The van der Waals surface area contributed by atoms with Crippen molar-refractivity contribution in [2.75, 3.05) is 24.2 Å². The maximum Gasteiger partial charge on any atom is 0.106 e. The van der Waals surface area contributed by atoms with Crippen LogP contribution in [0.4, 0.5) is 11.4 Å². The Bertz CT molecular complexity index is 455. The summed E-state index contributed by atoms with van der Waals surface area (Å²) in [5.74, 6) is 0. The third-order valence-corrected chi connectivity index (χ3v) is 2.99. The van der Waals surface area contributed by atoms with Crippen molar-refractivity contribution in [3.05, 3.63) is 17.6 Å². The van der Waals surface area contributed by atoms with Gasteiger partial charge in [-0.25, -0.2) is 4.98 Å². The second-order valence-corrected chi connectivity index (χ2v) is 4.12. The summed E-state index contributed by atoms with van der Waals surface area (Å²) >= 11 is 1.58. The highest BCUT2D eigenvalue weighted by atomic mass is 32.1. The minimum Gasteiger partial charge on any atom is -0.396 e. The molecule has 0 aliphatic heterocycles. The van der Waals surface area contributed by atoms with Crippen molar-refractivity contribution in [2.45, 2.75) is 6.42 Å². The van der Waals surface area contributed by atoms with Gasteiger partial charge in [-0.15, -0.1) is 11.3 Å². The molecular formula is C10H13N3OS. The highest BCUT2D eigenvalue weighted by molar-refractivity contribution is 7.16. The van der Waals surface area contributed by atoms with Crippen LogP contribution in [0.15, 0.2) is 17.6 Å². The van der Waals surface area contributed by atoms with Crippen LogP contribution in [-0.2, 0) is 0 Å². The van der Waals surface area contributed by atoms with Crippen LogP contribution < -0.4 is 11.1 Å². The molecular weight excluding hydrogens is 210 g/mol. The van der Waals surface area contributed by atoms with Crippen LogP contribution in [0.3, 0.4) is 0 Å². The van der Waals surface area contributed by atoms with Gasteiger partial charge < -0.3 is 16.2 Å². The fourth-order valence-electron chi connectivity index (χ4n) is 1.41. The minimum atomic E-state index is 0.186. The molecule has 0 radical (unpaired) electrons. The van der Waals surface area contributed by atoms with Gasteiger partial charge in [0.25, 0.3) is 0 Å². The first-order valence-corrected chi connectivity index (χ1v) is 5.67. The molecule has 0 unspecified atom stereocenters. The molecule has 4 nitrogen and oxygen atoms in total. The summed E-state index contributed by atoms with van der Waals surface area (Å²) in [6, 6.07) is 3.96. The van der Waals surface area contributed by atoms with Crippen molar-refractivity contribution < 1.29 is 5.11 Å². The summed E-state index contributed by atoms with van der Waals surface area (Å²) in [6.07, 6.45) is 0.717. The average molecular weight is 223 g/mol. The summed E-state index contributed by atoms with van der Waals surface area (Å²) in [4.78, 5) is 4.21. The highest BCUT2D eigenvalue weighted by Gasteiger charge is 2.05. The van der Waals surface area contributed by atoms with Gasteiger partial charge in [-0.1, -0.05) is 0 Å². The number of nitrogens with one attached hydrogen (secondary N) is 1. The predicted molar refractivity (Wildman–Crippen MR) is 64.2 cm³/mol. The van der Waals surface area contributed by atoms with Crippen molar-refractivity contribution in [2.24, 2.45) is 0 Å². The van der Waals surface area contributed by atoms with E-state index in [1.165, 1.54) is 0 Å². The first-order valence-electron chi connectivity index (χ1n) is 4.79. The molecule has 0 aliphatic carbocycles. The lowest BCUT2D eigenvalue weighted by Gasteiger charge is -2.08. The number of rotatable bonds is 4. The molecule has 5 heteroatoms. The lowest BCUT2D eigenvalue weighted by Crippen LogP contribution is -2.05. The van der Waals surface area contributed by atoms with Gasteiger partial charge in [0, 0.05) is 13.2 Å². The Morgan fingerprint density at radius 1 is 1.47 bits per heavy atom. The molecule has 0 spiro atoms. The number of aromatic nitrogens is 1. The molecule has 2 aromatic rings. The largest absolute Gasteiger partial charge is 0.396 e. The van der Waals surface area contributed by atoms with Crippen LogP contribution >= 0.6 is 11.3 Å². The molecule has 0 saturated carbocycles. The zero-order chi connectivity index (χ0) is 10.7. The lowest BCUT2D eigenvalue weighted by atomic mass is 10.2. The molecule has 15 heavy (non-hydrogen) atoms. The van der Waals surface area contributed by atoms with Gasteiger partial charge >= 0.3 is 0 Å². The van der Waals surface area contributed by atoms with Gasteiger partial charge in [0.05, 0.1) is 21.6 Å². The topological polar surface area (TPSA) is 71.2 Å².